The number of carbonyl (C=O) groups excluding carboxylic acids is 3. The van der Waals surface area contributed by atoms with Crippen molar-refractivity contribution in [3.63, 3.8) is 0 Å². The molecule has 74 heavy (non-hydrogen) atoms. The maximum Gasteiger partial charge on any atom is 0.306 e. The van der Waals surface area contributed by atoms with Crippen LogP contribution < -0.4 is 0 Å². The summed E-state index contributed by atoms with van der Waals surface area (Å²) < 4.78 is 36.3. The van der Waals surface area contributed by atoms with Crippen LogP contribution in [0.1, 0.15) is 290 Å². The monoisotopic (exact) mass is 1060 g/mol. The van der Waals surface area contributed by atoms with Gasteiger partial charge < -0.3 is 54.0 Å². The molecule has 2 rings (SSSR count). The minimum absolute atomic E-state index is 0.0205. The summed E-state index contributed by atoms with van der Waals surface area (Å²) in [6.45, 7) is 4.52. The molecule has 0 spiro atoms. The zero-order valence-electron chi connectivity index (χ0n) is 47.3. The molecule has 2 fully saturated rings. The van der Waals surface area contributed by atoms with Gasteiger partial charge in [0.05, 0.1) is 13.2 Å². The molecule has 14 heteroatoms. The fourth-order valence-corrected chi connectivity index (χ4v) is 10.4. The van der Waals surface area contributed by atoms with Crippen LogP contribution in [-0.2, 0) is 42.8 Å². The van der Waals surface area contributed by atoms with Gasteiger partial charge in [0.15, 0.2) is 18.5 Å². The molecule has 0 unspecified atom stereocenters. The van der Waals surface area contributed by atoms with Gasteiger partial charge in [-0.05, 0) is 19.3 Å². The Morgan fingerprint density at radius 2 is 0.730 bits per heavy atom. The molecule has 0 bridgehead atoms. The van der Waals surface area contributed by atoms with Crippen molar-refractivity contribution in [2.45, 2.75) is 345 Å². The SMILES string of the molecule is CCCCCCCCCCCCCCCC(=O)OC[C@@]1(O[C@H]2O[C@H](CO)[C@@H](O)[C@H](O)[C@H]2O)O[C@H](CO)[C@@H](OC(=O)CCCCCCCCCCCCCCC)[C@@H]1OC(=O)CCCCCCCCCCCCCCC. The van der Waals surface area contributed by atoms with E-state index >= 15 is 0 Å². The Kier molecular flexibility index (Phi) is 41.5. The predicted octanol–water partition coefficient (Wildman–Crippen LogP) is 12.7. The fourth-order valence-electron chi connectivity index (χ4n) is 10.4. The molecule has 0 radical (unpaired) electrons. The molecule has 0 aromatic carbocycles. The van der Waals surface area contributed by atoms with Gasteiger partial charge in [0.2, 0.25) is 5.79 Å². The molecule has 2 saturated heterocycles. The Labute approximate surface area is 449 Å². The number of unbranched alkanes of at least 4 members (excludes halogenated alkanes) is 36. The molecule has 14 nitrogen and oxygen atoms in total. The van der Waals surface area contributed by atoms with E-state index in [2.05, 4.69) is 20.8 Å². The van der Waals surface area contributed by atoms with Crippen LogP contribution in [0, 0.1) is 0 Å². The fraction of sp³-hybridized carbons (Fsp3) is 0.950. The number of hydrogen-bond acceptors (Lipinski definition) is 14. The van der Waals surface area contributed by atoms with Crippen molar-refractivity contribution in [3.05, 3.63) is 0 Å². The summed E-state index contributed by atoms with van der Waals surface area (Å²) in [5.41, 5.74) is 0. The molecule has 436 valence electrons. The van der Waals surface area contributed by atoms with E-state index in [-0.39, 0.29) is 19.3 Å². The van der Waals surface area contributed by atoms with Gasteiger partial charge in [0.25, 0.3) is 0 Å². The highest BCUT2D eigenvalue weighted by molar-refractivity contribution is 5.71. The molecule has 0 aromatic heterocycles. The summed E-state index contributed by atoms with van der Waals surface area (Å²) in [5.74, 6) is -4.16. The minimum Gasteiger partial charge on any atom is -0.460 e. The highest BCUT2D eigenvalue weighted by atomic mass is 16.8. The van der Waals surface area contributed by atoms with Crippen LogP contribution in [0.25, 0.3) is 0 Å². The van der Waals surface area contributed by atoms with Crippen molar-refractivity contribution < 1.29 is 68.3 Å². The molecule has 0 saturated carbocycles. The van der Waals surface area contributed by atoms with Crippen LogP contribution in [0.15, 0.2) is 0 Å². The van der Waals surface area contributed by atoms with Crippen molar-refractivity contribution in [1.29, 1.82) is 0 Å². The van der Waals surface area contributed by atoms with Gasteiger partial charge in [0.1, 0.15) is 37.1 Å². The Balaban J connectivity index is 2.14. The quantitative estimate of drug-likeness (QED) is 0.0218. The molecular formula is C60H112O14. The number of ether oxygens (including phenoxy) is 6. The Hall–Kier alpha value is -1.91. The average Bonchev–Trinajstić information content (AvgIpc) is 3.67. The first-order chi connectivity index (χ1) is 36.1. The second kappa shape index (κ2) is 45.0. The van der Waals surface area contributed by atoms with Gasteiger partial charge in [-0.15, -0.1) is 0 Å². The normalized spacial score (nSPS) is 23.8. The highest BCUT2D eigenvalue weighted by Gasteiger charge is 2.63. The van der Waals surface area contributed by atoms with Crippen LogP contribution in [0.4, 0.5) is 0 Å². The second-order valence-corrected chi connectivity index (χ2v) is 22.0. The first-order valence-electron chi connectivity index (χ1n) is 30.9. The summed E-state index contributed by atoms with van der Waals surface area (Å²) in [4.78, 5) is 40.9. The van der Waals surface area contributed by atoms with Crippen molar-refractivity contribution in [2.24, 2.45) is 0 Å². The minimum atomic E-state index is -2.32. The van der Waals surface area contributed by atoms with Gasteiger partial charge >= 0.3 is 17.9 Å². The second-order valence-electron chi connectivity index (χ2n) is 22.0. The number of aliphatic hydroxyl groups excluding tert-OH is 5. The third-order valence-electron chi connectivity index (χ3n) is 15.2. The van der Waals surface area contributed by atoms with E-state index < -0.39 is 92.5 Å². The van der Waals surface area contributed by atoms with Crippen molar-refractivity contribution in [3.8, 4) is 0 Å². The van der Waals surface area contributed by atoms with Crippen LogP contribution in [-0.4, -0.2) is 118 Å². The number of aliphatic hydroxyl groups is 5. The van der Waals surface area contributed by atoms with Crippen molar-refractivity contribution in [1.82, 2.24) is 0 Å². The van der Waals surface area contributed by atoms with E-state index in [1.807, 2.05) is 0 Å². The first-order valence-corrected chi connectivity index (χ1v) is 30.9. The Morgan fingerprint density at radius 1 is 0.405 bits per heavy atom. The lowest BCUT2D eigenvalue weighted by Crippen LogP contribution is -2.63. The van der Waals surface area contributed by atoms with E-state index in [1.165, 1.54) is 154 Å². The van der Waals surface area contributed by atoms with Gasteiger partial charge in [-0.1, -0.05) is 252 Å². The van der Waals surface area contributed by atoms with E-state index in [1.54, 1.807) is 0 Å². The van der Waals surface area contributed by atoms with Gasteiger partial charge in [0, 0.05) is 19.3 Å². The van der Waals surface area contributed by atoms with Crippen LogP contribution in [0.5, 0.6) is 0 Å². The molecule has 0 aromatic rings. The lowest BCUT2D eigenvalue weighted by Gasteiger charge is -2.43. The van der Waals surface area contributed by atoms with Crippen molar-refractivity contribution in [2.75, 3.05) is 19.8 Å². The number of hydrogen-bond donors (Lipinski definition) is 5. The molecule has 0 aliphatic carbocycles. The van der Waals surface area contributed by atoms with Crippen LogP contribution in [0.3, 0.4) is 0 Å². The van der Waals surface area contributed by atoms with E-state index in [4.69, 9.17) is 28.4 Å². The number of carbonyl (C=O) groups is 3. The molecule has 2 aliphatic heterocycles. The maximum absolute atomic E-state index is 13.8. The molecule has 0 amide bonds. The zero-order valence-corrected chi connectivity index (χ0v) is 47.3. The lowest BCUT2D eigenvalue weighted by molar-refractivity contribution is -0.384. The summed E-state index contributed by atoms with van der Waals surface area (Å²) >= 11 is 0. The lowest BCUT2D eigenvalue weighted by atomic mass is 9.98. The summed E-state index contributed by atoms with van der Waals surface area (Å²) in [6, 6.07) is 0. The van der Waals surface area contributed by atoms with Crippen LogP contribution in [0.2, 0.25) is 0 Å². The third kappa shape index (κ3) is 30.3. The Bertz CT molecular complexity index is 1350. The first kappa shape index (κ1) is 68.2. The topological polar surface area (TPSA) is 208 Å². The van der Waals surface area contributed by atoms with E-state index in [0.717, 1.165) is 77.0 Å². The maximum atomic E-state index is 13.8. The molecule has 2 heterocycles. The Morgan fingerprint density at radius 3 is 1.08 bits per heavy atom. The molecule has 2 aliphatic rings. The summed E-state index contributed by atoms with van der Waals surface area (Å²) in [6.07, 6.45) is 31.7. The van der Waals surface area contributed by atoms with E-state index in [0.29, 0.717) is 19.3 Å². The predicted molar refractivity (Wildman–Crippen MR) is 291 cm³/mol. The van der Waals surface area contributed by atoms with Gasteiger partial charge in [-0.25, -0.2) is 0 Å². The highest BCUT2D eigenvalue weighted by Crippen LogP contribution is 2.40. The number of esters is 3. The van der Waals surface area contributed by atoms with E-state index in [9.17, 15) is 39.9 Å². The zero-order chi connectivity index (χ0) is 53.9. The average molecular weight is 1060 g/mol. The molecular weight excluding hydrogens is 945 g/mol. The third-order valence-corrected chi connectivity index (χ3v) is 15.2. The van der Waals surface area contributed by atoms with Crippen molar-refractivity contribution >= 4 is 17.9 Å². The summed E-state index contributed by atoms with van der Waals surface area (Å²) in [7, 11) is 0. The van der Waals surface area contributed by atoms with Gasteiger partial charge in [-0.2, -0.15) is 0 Å². The standard InChI is InChI=1S/C60H112O14/c1-4-7-10-13-16-19-22-25-28-31-34-37-40-43-51(63)69-48-60(74-59-56(68)55(67)54(66)49(46-61)70-59)58(72-53(65)45-42-39-36-33-30-27-24-21-18-15-12-9-6-3)57(50(47-62)73-60)71-52(64)44-41-38-35-32-29-26-23-20-17-14-11-8-5-2/h49-50,54-59,61-62,66-68H,4-48H2,1-3H3/t49-,50-,54-,55+,56-,57-,58+,59-,60+/m1/s1. The smallest absolute Gasteiger partial charge is 0.306 e. The molecule has 9 atom stereocenters. The van der Waals surface area contributed by atoms with Crippen LogP contribution >= 0.6 is 0 Å². The van der Waals surface area contributed by atoms with Gasteiger partial charge in [-0.3, -0.25) is 14.4 Å². The largest absolute Gasteiger partial charge is 0.460 e. The number of rotatable bonds is 50. The molecule has 5 N–H and O–H groups in total. The summed E-state index contributed by atoms with van der Waals surface area (Å²) in [5, 5.41) is 53.2.